The van der Waals surface area contributed by atoms with Crippen LogP contribution in [-0.2, 0) is 9.47 Å². The fourth-order valence-corrected chi connectivity index (χ4v) is 1.23. The molecule has 0 saturated carbocycles. The molecule has 0 bridgehead atoms. The van der Waals surface area contributed by atoms with Crippen molar-refractivity contribution in [1.82, 2.24) is 0 Å². The molecule has 2 atom stereocenters. The third-order valence-corrected chi connectivity index (χ3v) is 1.95. The Bertz CT molecular complexity index is 123. The summed E-state index contributed by atoms with van der Waals surface area (Å²) in [7, 11) is 0. The van der Waals surface area contributed by atoms with Crippen LogP contribution in [0.15, 0.2) is 12.7 Å². The molecule has 1 heterocycles. The highest BCUT2D eigenvalue weighted by molar-refractivity contribution is 4.73. The minimum atomic E-state index is -0.0233. The van der Waals surface area contributed by atoms with Crippen LogP contribution in [0, 0.1) is 5.92 Å². The minimum absolute atomic E-state index is 0.0233. The van der Waals surface area contributed by atoms with Gasteiger partial charge in [0.2, 0.25) is 0 Å². The molecule has 0 radical (unpaired) electrons. The van der Waals surface area contributed by atoms with Crippen LogP contribution in [0.25, 0.3) is 0 Å². The van der Waals surface area contributed by atoms with Crippen molar-refractivity contribution < 1.29 is 9.47 Å². The molecule has 0 aromatic carbocycles. The van der Waals surface area contributed by atoms with Crippen LogP contribution in [0.2, 0.25) is 0 Å². The number of hydrogen-bond donors (Lipinski definition) is 0. The lowest BCUT2D eigenvalue weighted by atomic mass is 10.0. The molecule has 2 heteroatoms. The fourth-order valence-electron chi connectivity index (χ4n) is 1.23. The van der Waals surface area contributed by atoms with Crippen LogP contribution in [0.3, 0.4) is 0 Å². The van der Waals surface area contributed by atoms with E-state index in [1.807, 2.05) is 13.0 Å². The summed E-state index contributed by atoms with van der Waals surface area (Å²) < 4.78 is 10.7. The molecule has 11 heavy (non-hydrogen) atoms. The van der Waals surface area contributed by atoms with E-state index in [0.717, 1.165) is 26.1 Å². The second kappa shape index (κ2) is 4.52. The molecular formula is C9H16O2. The minimum Gasteiger partial charge on any atom is -0.353 e. The summed E-state index contributed by atoms with van der Waals surface area (Å²) in [6.45, 7) is 7.28. The maximum absolute atomic E-state index is 5.40. The normalized spacial score (nSPS) is 32.8. The van der Waals surface area contributed by atoms with Crippen molar-refractivity contribution in [3.63, 3.8) is 0 Å². The molecule has 1 fully saturated rings. The average Bonchev–Trinajstić information content (AvgIpc) is 2.17. The van der Waals surface area contributed by atoms with Crippen LogP contribution in [0.4, 0.5) is 0 Å². The molecule has 2 nitrogen and oxygen atoms in total. The Labute approximate surface area is 68.2 Å². The quantitative estimate of drug-likeness (QED) is 0.569. The van der Waals surface area contributed by atoms with Gasteiger partial charge in [0, 0.05) is 0 Å². The molecular weight excluding hydrogens is 140 g/mol. The van der Waals surface area contributed by atoms with E-state index in [9.17, 15) is 0 Å². The summed E-state index contributed by atoms with van der Waals surface area (Å²) in [6, 6.07) is 0. The predicted octanol–water partition coefficient (Wildman–Crippen LogP) is 1.96. The molecule has 0 aromatic heterocycles. The first kappa shape index (κ1) is 8.75. The second-order valence-electron chi connectivity index (χ2n) is 2.95. The molecule has 1 saturated heterocycles. The second-order valence-corrected chi connectivity index (χ2v) is 2.95. The van der Waals surface area contributed by atoms with E-state index in [1.54, 1.807) is 0 Å². The highest BCUT2D eigenvalue weighted by atomic mass is 16.7. The van der Waals surface area contributed by atoms with E-state index in [4.69, 9.17) is 9.47 Å². The lowest BCUT2D eigenvalue weighted by Crippen LogP contribution is -2.11. The zero-order valence-electron chi connectivity index (χ0n) is 7.08. The van der Waals surface area contributed by atoms with Gasteiger partial charge in [-0.15, -0.1) is 6.58 Å². The monoisotopic (exact) mass is 156 g/mol. The summed E-state index contributed by atoms with van der Waals surface area (Å²) >= 11 is 0. The fraction of sp³-hybridized carbons (Fsp3) is 0.778. The maximum atomic E-state index is 5.40. The molecule has 1 aliphatic heterocycles. The average molecular weight is 156 g/mol. The first-order valence-electron chi connectivity index (χ1n) is 4.17. The highest BCUT2D eigenvalue weighted by Crippen LogP contribution is 2.15. The SMILES string of the molecule is C=CCC1CCOC(C)OC1. The van der Waals surface area contributed by atoms with Crippen LogP contribution in [0.5, 0.6) is 0 Å². The summed E-state index contributed by atoms with van der Waals surface area (Å²) in [6.07, 6.45) is 4.06. The molecule has 0 aliphatic carbocycles. The van der Waals surface area contributed by atoms with Crippen molar-refractivity contribution in [1.29, 1.82) is 0 Å². The topological polar surface area (TPSA) is 18.5 Å². The molecule has 64 valence electrons. The van der Waals surface area contributed by atoms with Crippen LogP contribution in [0.1, 0.15) is 19.8 Å². The Morgan fingerprint density at radius 2 is 2.36 bits per heavy atom. The van der Waals surface area contributed by atoms with Gasteiger partial charge in [-0.05, 0) is 25.7 Å². The third kappa shape index (κ3) is 3.04. The predicted molar refractivity (Wildman–Crippen MR) is 44.3 cm³/mol. The first-order valence-corrected chi connectivity index (χ1v) is 4.17. The summed E-state index contributed by atoms with van der Waals surface area (Å²) in [5.74, 6) is 0.609. The number of rotatable bonds is 2. The number of allylic oxidation sites excluding steroid dienone is 1. The zero-order chi connectivity index (χ0) is 8.10. The van der Waals surface area contributed by atoms with Crippen molar-refractivity contribution in [3.8, 4) is 0 Å². The Balaban J connectivity index is 2.27. The van der Waals surface area contributed by atoms with Crippen molar-refractivity contribution in [2.45, 2.75) is 26.1 Å². The molecule has 1 rings (SSSR count). The van der Waals surface area contributed by atoms with Crippen molar-refractivity contribution in [3.05, 3.63) is 12.7 Å². The Morgan fingerprint density at radius 3 is 3.09 bits per heavy atom. The summed E-state index contributed by atoms with van der Waals surface area (Å²) in [4.78, 5) is 0. The van der Waals surface area contributed by atoms with Crippen LogP contribution >= 0.6 is 0 Å². The molecule has 0 spiro atoms. The third-order valence-electron chi connectivity index (χ3n) is 1.95. The molecule has 1 aliphatic rings. The smallest absolute Gasteiger partial charge is 0.154 e. The van der Waals surface area contributed by atoms with Gasteiger partial charge in [0.25, 0.3) is 0 Å². The van der Waals surface area contributed by atoms with E-state index in [-0.39, 0.29) is 6.29 Å². The van der Waals surface area contributed by atoms with Gasteiger partial charge in [-0.1, -0.05) is 6.08 Å². The summed E-state index contributed by atoms with van der Waals surface area (Å²) in [5, 5.41) is 0. The van der Waals surface area contributed by atoms with Crippen molar-refractivity contribution >= 4 is 0 Å². The first-order chi connectivity index (χ1) is 5.33. The van der Waals surface area contributed by atoms with Gasteiger partial charge in [0.1, 0.15) is 0 Å². The number of ether oxygens (including phenoxy) is 2. The highest BCUT2D eigenvalue weighted by Gasteiger charge is 2.14. The van der Waals surface area contributed by atoms with Gasteiger partial charge >= 0.3 is 0 Å². The largest absolute Gasteiger partial charge is 0.353 e. The van der Waals surface area contributed by atoms with E-state index >= 15 is 0 Å². The summed E-state index contributed by atoms with van der Waals surface area (Å²) in [5.41, 5.74) is 0. The number of hydrogen-bond acceptors (Lipinski definition) is 2. The zero-order valence-corrected chi connectivity index (χ0v) is 7.08. The Morgan fingerprint density at radius 1 is 1.55 bits per heavy atom. The molecule has 0 aromatic rings. The van der Waals surface area contributed by atoms with Gasteiger partial charge in [-0.25, -0.2) is 0 Å². The van der Waals surface area contributed by atoms with Gasteiger partial charge in [-0.2, -0.15) is 0 Å². The van der Waals surface area contributed by atoms with Crippen molar-refractivity contribution in [2.24, 2.45) is 5.92 Å². The van der Waals surface area contributed by atoms with Gasteiger partial charge in [0.05, 0.1) is 13.2 Å². The van der Waals surface area contributed by atoms with E-state index in [2.05, 4.69) is 6.58 Å². The van der Waals surface area contributed by atoms with E-state index < -0.39 is 0 Å². The lowest BCUT2D eigenvalue weighted by Gasteiger charge is -2.10. The Kier molecular flexibility index (Phi) is 3.60. The standard InChI is InChI=1S/C9H16O2/c1-3-4-9-5-6-10-8(2)11-7-9/h3,8-9H,1,4-7H2,2H3. The lowest BCUT2D eigenvalue weighted by molar-refractivity contribution is -0.115. The van der Waals surface area contributed by atoms with E-state index in [0.29, 0.717) is 5.92 Å². The molecule has 0 amide bonds. The van der Waals surface area contributed by atoms with Gasteiger partial charge in [0.15, 0.2) is 6.29 Å². The van der Waals surface area contributed by atoms with E-state index in [1.165, 1.54) is 0 Å². The molecule has 0 N–H and O–H groups in total. The Hall–Kier alpha value is -0.340. The van der Waals surface area contributed by atoms with Crippen molar-refractivity contribution in [2.75, 3.05) is 13.2 Å². The maximum Gasteiger partial charge on any atom is 0.154 e. The van der Waals surface area contributed by atoms with Gasteiger partial charge < -0.3 is 9.47 Å². The van der Waals surface area contributed by atoms with Crippen LogP contribution < -0.4 is 0 Å². The van der Waals surface area contributed by atoms with Crippen LogP contribution in [-0.4, -0.2) is 19.5 Å². The van der Waals surface area contributed by atoms with Gasteiger partial charge in [-0.3, -0.25) is 0 Å². The molecule has 2 unspecified atom stereocenters.